The van der Waals surface area contributed by atoms with E-state index in [1.54, 1.807) is 16.7 Å². The molecule has 1 aliphatic rings. The summed E-state index contributed by atoms with van der Waals surface area (Å²) in [5, 5.41) is 11.8. The van der Waals surface area contributed by atoms with E-state index < -0.39 is 0 Å². The van der Waals surface area contributed by atoms with Crippen LogP contribution in [0.5, 0.6) is 0 Å². The molecule has 1 heterocycles. The average molecular weight is 396 g/mol. The lowest BCUT2D eigenvalue weighted by molar-refractivity contribution is 0.626. The first kappa shape index (κ1) is 18.7. The summed E-state index contributed by atoms with van der Waals surface area (Å²) in [6, 6.07) is 12.4. The fourth-order valence-corrected chi connectivity index (χ4v) is 3.78. The van der Waals surface area contributed by atoms with Crippen LogP contribution in [0.1, 0.15) is 35.7 Å². The van der Waals surface area contributed by atoms with Gasteiger partial charge in [-0.3, -0.25) is 9.36 Å². The topological polar surface area (TPSA) is 59.8 Å². The number of aromatic nitrogens is 3. The van der Waals surface area contributed by atoms with Crippen LogP contribution in [0.15, 0.2) is 52.2 Å². The van der Waals surface area contributed by atoms with Gasteiger partial charge in [0.15, 0.2) is 0 Å². The quantitative estimate of drug-likeness (QED) is 0.609. The van der Waals surface area contributed by atoms with Crippen molar-refractivity contribution in [1.82, 2.24) is 14.8 Å². The van der Waals surface area contributed by atoms with Crippen LogP contribution in [-0.4, -0.2) is 14.8 Å². The molecule has 1 aliphatic carbocycles. The van der Waals surface area contributed by atoms with Crippen LogP contribution in [0.25, 0.3) is 0 Å². The Balaban J connectivity index is 1.60. The van der Waals surface area contributed by atoms with Crippen molar-refractivity contribution in [2.75, 3.05) is 5.32 Å². The van der Waals surface area contributed by atoms with E-state index >= 15 is 0 Å². The number of anilines is 2. The zero-order valence-electron chi connectivity index (χ0n) is 15.8. The van der Waals surface area contributed by atoms with Crippen LogP contribution < -0.4 is 10.9 Å². The lowest BCUT2D eigenvalue weighted by atomic mass is 10.1. The molecule has 28 heavy (non-hydrogen) atoms. The van der Waals surface area contributed by atoms with E-state index in [9.17, 15) is 9.18 Å². The molecule has 4 rings (SSSR count). The number of thioether (sulfide) groups is 1. The largest absolute Gasteiger partial charge is 0.324 e. The number of aryl methyl sites for hydroxylation is 1. The van der Waals surface area contributed by atoms with Crippen molar-refractivity contribution >= 4 is 23.4 Å². The third kappa shape index (κ3) is 3.94. The van der Waals surface area contributed by atoms with Gasteiger partial charge in [-0.25, -0.2) is 4.39 Å². The van der Waals surface area contributed by atoms with E-state index in [1.165, 1.54) is 29.5 Å². The molecule has 0 unspecified atom stereocenters. The van der Waals surface area contributed by atoms with Gasteiger partial charge in [0.05, 0.1) is 0 Å². The summed E-state index contributed by atoms with van der Waals surface area (Å²) in [6.07, 6.45) is 1.94. The predicted octanol–water partition coefficient (Wildman–Crippen LogP) is 4.77. The molecule has 1 N–H and O–H groups in total. The number of benzene rings is 2. The van der Waals surface area contributed by atoms with Gasteiger partial charge in [0.2, 0.25) is 5.95 Å². The molecule has 0 aliphatic heterocycles. The van der Waals surface area contributed by atoms with E-state index in [0.29, 0.717) is 17.4 Å². The standard InChI is InChI=1S/C21H21FN4OS/c1-13-4-3-5-18(14(13)2)23-21-25-24-19(20(27)26(21)16-8-9-16)12-28-17-10-6-15(22)7-11-17/h3-7,10-11,16H,8-9,12H2,1-2H3,(H,23,25). The van der Waals surface area contributed by atoms with Gasteiger partial charge >= 0.3 is 0 Å². The number of hydrogen-bond acceptors (Lipinski definition) is 5. The molecule has 0 radical (unpaired) electrons. The molecule has 0 amide bonds. The number of rotatable bonds is 6. The molecule has 0 bridgehead atoms. The highest BCUT2D eigenvalue weighted by molar-refractivity contribution is 7.98. The Morgan fingerprint density at radius 1 is 1.14 bits per heavy atom. The molecule has 3 aromatic rings. The summed E-state index contributed by atoms with van der Waals surface area (Å²) in [4.78, 5) is 13.9. The molecule has 2 aromatic carbocycles. The van der Waals surface area contributed by atoms with Crippen molar-refractivity contribution in [2.45, 2.75) is 43.4 Å². The summed E-state index contributed by atoms with van der Waals surface area (Å²) in [5.74, 6) is 0.604. The molecule has 5 nitrogen and oxygen atoms in total. The Bertz CT molecular complexity index is 1060. The summed E-state index contributed by atoms with van der Waals surface area (Å²) >= 11 is 1.45. The highest BCUT2D eigenvalue weighted by Crippen LogP contribution is 2.36. The second-order valence-electron chi connectivity index (χ2n) is 6.99. The van der Waals surface area contributed by atoms with Crippen LogP contribution in [0.2, 0.25) is 0 Å². The number of halogens is 1. The lowest BCUT2D eigenvalue weighted by Crippen LogP contribution is -2.28. The van der Waals surface area contributed by atoms with Crippen molar-refractivity contribution in [2.24, 2.45) is 0 Å². The van der Waals surface area contributed by atoms with Crippen LogP contribution in [0.4, 0.5) is 16.0 Å². The van der Waals surface area contributed by atoms with Gasteiger partial charge in [-0.15, -0.1) is 22.0 Å². The Labute approximate surface area is 167 Å². The zero-order chi connectivity index (χ0) is 19.7. The van der Waals surface area contributed by atoms with Gasteiger partial charge in [0.1, 0.15) is 11.5 Å². The van der Waals surface area contributed by atoms with E-state index in [0.717, 1.165) is 29.0 Å². The van der Waals surface area contributed by atoms with Gasteiger partial charge < -0.3 is 5.32 Å². The van der Waals surface area contributed by atoms with Crippen molar-refractivity contribution < 1.29 is 4.39 Å². The molecular formula is C21H21FN4OS. The molecule has 0 spiro atoms. The Kier molecular flexibility index (Phi) is 5.17. The van der Waals surface area contributed by atoms with Crippen LogP contribution in [-0.2, 0) is 5.75 Å². The highest BCUT2D eigenvalue weighted by Gasteiger charge is 2.29. The van der Waals surface area contributed by atoms with E-state index in [2.05, 4.69) is 28.5 Å². The second-order valence-corrected chi connectivity index (χ2v) is 8.04. The van der Waals surface area contributed by atoms with E-state index in [-0.39, 0.29) is 17.4 Å². The van der Waals surface area contributed by atoms with Crippen molar-refractivity contribution in [1.29, 1.82) is 0 Å². The van der Waals surface area contributed by atoms with Crippen molar-refractivity contribution in [3.63, 3.8) is 0 Å². The predicted molar refractivity (Wildman–Crippen MR) is 110 cm³/mol. The minimum Gasteiger partial charge on any atom is -0.324 e. The first-order valence-corrected chi connectivity index (χ1v) is 10.2. The van der Waals surface area contributed by atoms with E-state index in [4.69, 9.17) is 0 Å². The fourth-order valence-electron chi connectivity index (χ4n) is 2.97. The third-order valence-electron chi connectivity index (χ3n) is 4.91. The second kappa shape index (κ2) is 7.75. The van der Waals surface area contributed by atoms with Crippen molar-refractivity contribution in [3.05, 3.63) is 75.5 Å². The minimum atomic E-state index is -0.276. The van der Waals surface area contributed by atoms with Crippen LogP contribution in [0, 0.1) is 19.7 Å². The number of hydrogen-bond donors (Lipinski definition) is 1. The number of nitrogens with zero attached hydrogens (tertiary/aromatic N) is 3. The van der Waals surface area contributed by atoms with Gasteiger partial charge in [0, 0.05) is 22.4 Å². The molecule has 1 saturated carbocycles. The minimum absolute atomic E-state index is 0.111. The third-order valence-corrected chi connectivity index (χ3v) is 5.93. The summed E-state index contributed by atoms with van der Waals surface area (Å²) in [6.45, 7) is 4.09. The van der Waals surface area contributed by atoms with E-state index in [1.807, 2.05) is 19.1 Å². The molecule has 0 atom stereocenters. The number of nitrogens with one attached hydrogen (secondary N) is 1. The molecule has 7 heteroatoms. The Morgan fingerprint density at radius 3 is 2.61 bits per heavy atom. The molecule has 144 valence electrons. The molecule has 1 aromatic heterocycles. The molecular weight excluding hydrogens is 375 g/mol. The molecule has 0 saturated heterocycles. The van der Waals surface area contributed by atoms with Gasteiger partial charge in [-0.1, -0.05) is 12.1 Å². The highest BCUT2D eigenvalue weighted by atomic mass is 32.2. The molecule has 1 fully saturated rings. The van der Waals surface area contributed by atoms with Crippen LogP contribution >= 0.6 is 11.8 Å². The Morgan fingerprint density at radius 2 is 1.89 bits per heavy atom. The first-order valence-electron chi connectivity index (χ1n) is 9.22. The monoisotopic (exact) mass is 396 g/mol. The summed E-state index contributed by atoms with van der Waals surface area (Å²) < 4.78 is 14.8. The lowest BCUT2D eigenvalue weighted by Gasteiger charge is -2.15. The maximum atomic E-state index is 13.0. The SMILES string of the molecule is Cc1cccc(Nc2nnc(CSc3ccc(F)cc3)c(=O)n2C2CC2)c1C. The van der Waals surface area contributed by atoms with Gasteiger partial charge in [0.25, 0.3) is 5.56 Å². The summed E-state index contributed by atoms with van der Waals surface area (Å²) in [5.41, 5.74) is 3.52. The normalized spacial score (nSPS) is 13.5. The zero-order valence-corrected chi connectivity index (χ0v) is 16.6. The smallest absolute Gasteiger partial charge is 0.278 e. The van der Waals surface area contributed by atoms with Crippen molar-refractivity contribution in [3.8, 4) is 0 Å². The fraction of sp³-hybridized carbons (Fsp3) is 0.286. The van der Waals surface area contributed by atoms with Gasteiger partial charge in [-0.05, 0) is 68.1 Å². The van der Waals surface area contributed by atoms with Crippen LogP contribution in [0.3, 0.4) is 0 Å². The maximum Gasteiger partial charge on any atom is 0.278 e. The summed E-state index contributed by atoms with van der Waals surface area (Å²) in [7, 11) is 0. The average Bonchev–Trinajstić information content (AvgIpc) is 3.51. The van der Waals surface area contributed by atoms with Gasteiger partial charge in [-0.2, -0.15) is 0 Å². The maximum absolute atomic E-state index is 13.0. The Hall–Kier alpha value is -2.67. The first-order chi connectivity index (χ1) is 13.5.